The van der Waals surface area contributed by atoms with Crippen molar-refractivity contribution in [2.45, 2.75) is 19.8 Å². The van der Waals surface area contributed by atoms with Crippen molar-refractivity contribution >= 4 is 17.2 Å². The maximum absolute atomic E-state index is 12.1. The van der Waals surface area contributed by atoms with E-state index in [1.54, 1.807) is 11.7 Å². The molecule has 1 aromatic rings. The number of likely N-dealkylation sites (tertiary alicyclic amines) is 1. The van der Waals surface area contributed by atoms with Crippen LogP contribution in [0.3, 0.4) is 0 Å². The number of piperidine rings is 1. The first-order chi connectivity index (χ1) is 8.31. The molecule has 0 atom stereocenters. The van der Waals surface area contributed by atoms with Crippen LogP contribution in [-0.4, -0.2) is 42.0 Å². The van der Waals surface area contributed by atoms with E-state index < -0.39 is 0 Å². The fourth-order valence-electron chi connectivity index (χ4n) is 2.17. The van der Waals surface area contributed by atoms with E-state index in [9.17, 15) is 4.79 Å². The summed E-state index contributed by atoms with van der Waals surface area (Å²) in [5.41, 5.74) is 1.71. The molecule has 2 rings (SSSR count). The second-order valence-electron chi connectivity index (χ2n) is 4.41. The zero-order valence-electron chi connectivity index (χ0n) is 10.2. The molecule has 0 aromatic carbocycles. The number of hydrogen-bond donors (Lipinski definition) is 1. The standard InChI is InChI=1S/C12H19N3OS/c1-2-13-7-10-3-5-15(6-4-10)12(16)11-8-14-9-17-11/h8-10,13H,2-7H2,1H3. The predicted molar refractivity (Wildman–Crippen MR) is 69.3 cm³/mol. The van der Waals surface area contributed by atoms with Crippen molar-refractivity contribution in [2.75, 3.05) is 26.2 Å². The molecule has 94 valence electrons. The summed E-state index contributed by atoms with van der Waals surface area (Å²) in [7, 11) is 0. The van der Waals surface area contributed by atoms with Crippen molar-refractivity contribution in [1.82, 2.24) is 15.2 Å². The highest BCUT2D eigenvalue weighted by molar-refractivity contribution is 7.11. The number of rotatable bonds is 4. The first-order valence-electron chi connectivity index (χ1n) is 6.19. The van der Waals surface area contributed by atoms with Crippen LogP contribution < -0.4 is 5.32 Å². The van der Waals surface area contributed by atoms with Crippen LogP contribution in [0.1, 0.15) is 29.4 Å². The summed E-state index contributed by atoms with van der Waals surface area (Å²) < 4.78 is 0. The summed E-state index contributed by atoms with van der Waals surface area (Å²) in [5, 5.41) is 3.38. The molecule has 0 bridgehead atoms. The van der Waals surface area contributed by atoms with E-state index in [1.165, 1.54) is 11.3 Å². The largest absolute Gasteiger partial charge is 0.338 e. The Bertz CT molecular complexity index is 345. The fourth-order valence-corrected chi connectivity index (χ4v) is 2.75. The van der Waals surface area contributed by atoms with E-state index in [-0.39, 0.29) is 5.91 Å². The molecule has 1 aliphatic rings. The van der Waals surface area contributed by atoms with Gasteiger partial charge in [0.15, 0.2) is 0 Å². The number of nitrogens with one attached hydrogen (secondary N) is 1. The number of aromatic nitrogens is 1. The van der Waals surface area contributed by atoms with Gasteiger partial charge in [0.25, 0.3) is 5.91 Å². The quantitative estimate of drug-likeness (QED) is 0.886. The average Bonchev–Trinajstić information content (AvgIpc) is 2.90. The molecule has 1 saturated heterocycles. The number of carbonyl (C=O) groups is 1. The summed E-state index contributed by atoms with van der Waals surface area (Å²) in [4.78, 5) is 18.7. The Balaban J connectivity index is 1.81. The number of carbonyl (C=O) groups excluding carboxylic acids is 1. The molecule has 1 fully saturated rings. The Morgan fingerprint density at radius 3 is 2.94 bits per heavy atom. The highest BCUT2D eigenvalue weighted by atomic mass is 32.1. The van der Waals surface area contributed by atoms with E-state index in [1.807, 2.05) is 4.90 Å². The van der Waals surface area contributed by atoms with Crippen molar-refractivity contribution < 1.29 is 4.79 Å². The van der Waals surface area contributed by atoms with Crippen LogP contribution in [0.5, 0.6) is 0 Å². The Morgan fingerprint density at radius 1 is 1.59 bits per heavy atom. The lowest BCUT2D eigenvalue weighted by Crippen LogP contribution is -2.40. The van der Waals surface area contributed by atoms with Crippen molar-refractivity contribution in [1.29, 1.82) is 0 Å². The van der Waals surface area contributed by atoms with Crippen LogP contribution in [0, 0.1) is 5.92 Å². The van der Waals surface area contributed by atoms with Gasteiger partial charge in [-0.25, -0.2) is 0 Å². The lowest BCUT2D eigenvalue weighted by atomic mass is 9.96. The average molecular weight is 253 g/mol. The molecular weight excluding hydrogens is 234 g/mol. The molecule has 2 heterocycles. The third kappa shape index (κ3) is 3.26. The topological polar surface area (TPSA) is 45.2 Å². The summed E-state index contributed by atoms with van der Waals surface area (Å²) in [6.45, 7) is 6.00. The van der Waals surface area contributed by atoms with Gasteiger partial charge in [-0.2, -0.15) is 0 Å². The zero-order chi connectivity index (χ0) is 12.1. The van der Waals surface area contributed by atoms with Gasteiger partial charge in [0, 0.05) is 13.1 Å². The minimum Gasteiger partial charge on any atom is -0.338 e. The fraction of sp³-hybridized carbons (Fsp3) is 0.667. The maximum atomic E-state index is 12.1. The second-order valence-corrected chi connectivity index (χ2v) is 5.30. The molecule has 4 nitrogen and oxygen atoms in total. The normalized spacial score (nSPS) is 17.4. The van der Waals surface area contributed by atoms with E-state index in [0.29, 0.717) is 0 Å². The molecule has 5 heteroatoms. The summed E-state index contributed by atoms with van der Waals surface area (Å²) >= 11 is 1.42. The summed E-state index contributed by atoms with van der Waals surface area (Å²) in [5.74, 6) is 0.870. The number of hydrogen-bond acceptors (Lipinski definition) is 4. The van der Waals surface area contributed by atoms with Crippen LogP contribution in [0.25, 0.3) is 0 Å². The number of thiazole rings is 1. The van der Waals surface area contributed by atoms with Gasteiger partial charge in [-0.15, -0.1) is 11.3 Å². The Labute approximate surface area is 106 Å². The molecular formula is C12H19N3OS. The molecule has 0 radical (unpaired) electrons. The van der Waals surface area contributed by atoms with Crippen molar-refractivity contribution in [3.63, 3.8) is 0 Å². The summed E-state index contributed by atoms with van der Waals surface area (Å²) in [6, 6.07) is 0. The molecule has 1 amide bonds. The highest BCUT2D eigenvalue weighted by Crippen LogP contribution is 2.19. The van der Waals surface area contributed by atoms with E-state index in [4.69, 9.17) is 0 Å². The Morgan fingerprint density at radius 2 is 2.35 bits per heavy atom. The third-order valence-corrected chi connectivity index (χ3v) is 3.99. The van der Waals surface area contributed by atoms with Gasteiger partial charge in [-0.05, 0) is 31.8 Å². The zero-order valence-corrected chi connectivity index (χ0v) is 11.0. The molecule has 17 heavy (non-hydrogen) atoms. The highest BCUT2D eigenvalue weighted by Gasteiger charge is 2.23. The Hall–Kier alpha value is -0.940. The van der Waals surface area contributed by atoms with Gasteiger partial charge in [-0.1, -0.05) is 6.92 Å². The number of nitrogens with zero attached hydrogens (tertiary/aromatic N) is 2. The van der Waals surface area contributed by atoms with Crippen molar-refractivity contribution in [3.05, 3.63) is 16.6 Å². The molecule has 1 aromatic heterocycles. The molecule has 0 saturated carbocycles. The second kappa shape index (κ2) is 6.12. The first kappa shape index (κ1) is 12.5. The lowest BCUT2D eigenvalue weighted by molar-refractivity contribution is 0.0695. The van der Waals surface area contributed by atoms with Gasteiger partial charge in [0.1, 0.15) is 4.88 Å². The van der Waals surface area contributed by atoms with Crippen LogP contribution in [0.15, 0.2) is 11.7 Å². The summed E-state index contributed by atoms with van der Waals surface area (Å²) in [6.07, 6.45) is 3.88. The van der Waals surface area contributed by atoms with E-state index in [0.717, 1.165) is 49.8 Å². The van der Waals surface area contributed by atoms with Gasteiger partial charge in [0.05, 0.1) is 11.7 Å². The van der Waals surface area contributed by atoms with Crippen molar-refractivity contribution in [2.24, 2.45) is 5.92 Å². The minimum atomic E-state index is 0.148. The van der Waals surface area contributed by atoms with Gasteiger partial charge < -0.3 is 10.2 Å². The third-order valence-electron chi connectivity index (χ3n) is 3.23. The molecule has 1 N–H and O–H groups in total. The van der Waals surface area contributed by atoms with Crippen LogP contribution in [-0.2, 0) is 0 Å². The SMILES string of the molecule is CCNCC1CCN(C(=O)c2cncs2)CC1. The van der Waals surface area contributed by atoms with Gasteiger partial charge in [-0.3, -0.25) is 9.78 Å². The first-order valence-corrected chi connectivity index (χ1v) is 7.07. The van der Waals surface area contributed by atoms with Crippen LogP contribution in [0.4, 0.5) is 0 Å². The van der Waals surface area contributed by atoms with Crippen molar-refractivity contribution in [3.8, 4) is 0 Å². The Kier molecular flexibility index (Phi) is 4.50. The lowest BCUT2D eigenvalue weighted by Gasteiger charge is -2.31. The van der Waals surface area contributed by atoms with Gasteiger partial charge >= 0.3 is 0 Å². The smallest absolute Gasteiger partial charge is 0.265 e. The molecule has 0 unspecified atom stereocenters. The van der Waals surface area contributed by atoms with Crippen LogP contribution in [0.2, 0.25) is 0 Å². The molecule has 1 aliphatic heterocycles. The molecule has 0 aliphatic carbocycles. The monoisotopic (exact) mass is 253 g/mol. The van der Waals surface area contributed by atoms with Crippen LogP contribution >= 0.6 is 11.3 Å². The van der Waals surface area contributed by atoms with E-state index >= 15 is 0 Å². The van der Waals surface area contributed by atoms with E-state index in [2.05, 4.69) is 17.2 Å². The molecule has 0 spiro atoms. The van der Waals surface area contributed by atoms with Gasteiger partial charge in [0.2, 0.25) is 0 Å². The minimum absolute atomic E-state index is 0.148. The number of amides is 1. The maximum Gasteiger partial charge on any atom is 0.265 e. The predicted octanol–water partition coefficient (Wildman–Crippen LogP) is 1.60.